The van der Waals surface area contributed by atoms with E-state index in [-0.39, 0.29) is 17.9 Å². The second-order valence-electron chi connectivity index (χ2n) is 8.53. The molecule has 2 saturated heterocycles. The van der Waals surface area contributed by atoms with Crippen LogP contribution in [0.2, 0.25) is 0 Å². The van der Waals surface area contributed by atoms with Crippen LogP contribution in [0.4, 0.5) is 11.4 Å². The van der Waals surface area contributed by atoms with Crippen LogP contribution in [0.25, 0.3) is 0 Å². The van der Waals surface area contributed by atoms with Gasteiger partial charge in [0.15, 0.2) is 0 Å². The summed E-state index contributed by atoms with van der Waals surface area (Å²) < 4.78 is 0. The number of hydrogen-bond acceptors (Lipinski definition) is 3. The van der Waals surface area contributed by atoms with Gasteiger partial charge < -0.3 is 10.2 Å². The summed E-state index contributed by atoms with van der Waals surface area (Å²) in [5.41, 5.74) is 3.09. The van der Waals surface area contributed by atoms with Crippen molar-refractivity contribution in [2.24, 2.45) is 5.92 Å². The molecule has 2 heterocycles. The molecule has 5 nitrogen and oxygen atoms in total. The van der Waals surface area contributed by atoms with Crippen molar-refractivity contribution in [3.05, 3.63) is 60.2 Å². The molecule has 158 valence electrons. The molecule has 2 aliphatic heterocycles. The minimum atomic E-state index is -0.150. The van der Waals surface area contributed by atoms with E-state index in [1.807, 2.05) is 36.1 Å². The SMILES string of the molecule is CC(C(=O)Nc1ccc(N2CCCC2=O)cc1)N1CCC(Cc2ccccc2)CC1. The maximum absolute atomic E-state index is 12.8. The van der Waals surface area contributed by atoms with Crippen LogP contribution in [0.5, 0.6) is 0 Å². The third-order valence-corrected chi connectivity index (χ3v) is 6.46. The monoisotopic (exact) mass is 405 g/mol. The average Bonchev–Trinajstić information content (AvgIpc) is 3.21. The maximum atomic E-state index is 12.8. The van der Waals surface area contributed by atoms with Gasteiger partial charge >= 0.3 is 0 Å². The molecule has 0 aromatic heterocycles. The molecule has 1 unspecified atom stereocenters. The number of carbonyl (C=O) groups is 2. The van der Waals surface area contributed by atoms with Crippen molar-refractivity contribution in [3.8, 4) is 0 Å². The number of piperidine rings is 1. The lowest BCUT2D eigenvalue weighted by Gasteiger charge is -2.35. The van der Waals surface area contributed by atoms with Gasteiger partial charge in [-0.3, -0.25) is 14.5 Å². The molecule has 4 rings (SSSR count). The van der Waals surface area contributed by atoms with Crippen LogP contribution in [0.15, 0.2) is 54.6 Å². The number of carbonyl (C=O) groups excluding carboxylic acids is 2. The Bertz CT molecular complexity index is 858. The highest BCUT2D eigenvalue weighted by Crippen LogP contribution is 2.25. The third kappa shape index (κ3) is 4.90. The van der Waals surface area contributed by atoms with Crippen LogP contribution in [0, 0.1) is 5.92 Å². The standard InChI is InChI=1S/C25H31N3O2/c1-19(27-16-13-21(14-17-27)18-20-6-3-2-4-7-20)25(30)26-22-9-11-23(12-10-22)28-15-5-8-24(28)29/h2-4,6-7,9-12,19,21H,5,8,13-18H2,1H3,(H,26,30). The zero-order valence-corrected chi connectivity index (χ0v) is 17.7. The minimum Gasteiger partial charge on any atom is -0.325 e. The molecule has 2 aliphatic rings. The Balaban J connectivity index is 1.26. The summed E-state index contributed by atoms with van der Waals surface area (Å²) in [5.74, 6) is 0.900. The van der Waals surface area contributed by atoms with E-state index in [2.05, 4.69) is 40.5 Å². The molecule has 30 heavy (non-hydrogen) atoms. The van der Waals surface area contributed by atoms with Crippen molar-refractivity contribution in [2.45, 2.75) is 45.1 Å². The molecule has 2 aromatic rings. The van der Waals surface area contributed by atoms with E-state index in [0.29, 0.717) is 12.3 Å². The first-order valence-corrected chi connectivity index (χ1v) is 11.1. The average molecular weight is 406 g/mol. The summed E-state index contributed by atoms with van der Waals surface area (Å²) in [6.07, 6.45) is 4.92. The predicted molar refractivity (Wildman–Crippen MR) is 121 cm³/mol. The lowest BCUT2D eigenvalue weighted by Crippen LogP contribution is -2.46. The fraction of sp³-hybridized carbons (Fsp3) is 0.440. The normalized spacial score (nSPS) is 19.1. The molecule has 0 bridgehead atoms. The summed E-state index contributed by atoms with van der Waals surface area (Å²) in [6.45, 7) is 4.69. The molecule has 1 N–H and O–H groups in total. The zero-order valence-electron chi connectivity index (χ0n) is 17.7. The Morgan fingerprint density at radius 3 is 2.37 bits per heavy atom. The summed E-state index contributed by atoms with van der Waals surface area (Å²) in [7, 11) is 0. The van der Waals surface area contributed by atoms with E-state index in [1.54, 1.807) is 0 Å². The lowest BCUT2D eigenvalue weighted by molar-refractivity contribution is -0.121. The van der Waals surface area contributed by atoms with E-state index in [1.165, 1.54) is 5.56 Å². The number of nitrogens with one attached hydrogen (secondary N) is 1. The molecule has 0 aliphatic carbocycles. The Hall–Kier alpha value is -2.66. The Labute approximate surface area is 179 Å². The number of likely N-dealkylation sites (tertiary alicyclic amines) is 1. The predicted octanol–water partition coefficient (Wildman–Crippen LogP) is 4.10. The molecule has 2 fully saturated rings. The van der Waals surface area contributed by atoms with E-state index in [0.717, 1.165) is 56.7 Å². The fourth-order valence-corrected chi connectivity index (χ4v) is 4.55. The molecule has 2 aromatic carbocycles. The summed E-state index contributed by atoms with van der Waals surface area (Å²) >= 11 is 0. The highest BCUT2D eigenvalue weighted by molar-refractivity contribution is 5.97. The molecule has 5 heteroatoms. The van der Waals surface area contributed by atoms with Crippen molar-refractivity contribution >= 4 is 23.2 Å². The fourth-order valence-electron chi connectivity index (χ4n) is 4.55. The van der Waals surface area contributed by atoms with Gasteiger partial charge in [0.1, 0.15) is 0 Å². The van der Waals surface area contributed by atoms with Crippen molar-refractivity contribution in [3.63, 3.8) is 0 Å². The van der Waals surface area contributed by atoms with Gasteiger partial charge in [-0.05, 0) is 81.4 Å². The van der Waals surface area contributed by atoms with Crippen LogP contribution in [0.1, 0.15) is 38.2 Å². The number of nitrogens with zero attached hydrogens (tertiary/aromatic N) is 2. The van der Waals surface area contributed by atoms with Gasteiger partial charge in [-0.1, -0.05) is 30.3 Å². The highest BCUT2D eigenvalue weighted by atomic mass is 16.2. The summed E-state index contributed by atoms with van der Waals surface area (Å²) in [4.78, 5) is 28.7. The Kier molecular flexibility index (Phi) is 6.48. The van der Waals surface area contributed by atoms with Gasteiger partial charge in [0.2, 0.25) is 11.8 Å². The second kappa shape index (κ2) is 9.43. The first kappa shape index (κ1) is 20.6. The molecule has 1 atom stereocenters. The van der Waals surface area contributed by atoms with Gasteiger partial charge in [0, 0.05) is 24.3 Å². The largest absolute Gasteiger partial charge is 0.325 e. The molecule has 0 spiro atoms. The van der Waals surface area contributed by atoms with Crippen LogP contribution < -0.4 is 10.2 Å². The number of anilines is 2. The van der Waals surface area contributed by atoms with E-state index in [4.69, 9.17) is 0 Å². The number of hydrogen-bond donors (Lipinski definition) is 1. The molecular weight excluding hydrogens is 374 g/mol. The van der Waals surface area contributed by atoms with Gasteiger partial charge in [0.05, 0.1) is 6.04 Å². The van der Waals surface area contributed by atoms with Crippen molar-refractivity contribution in [1.29, 1.82) is 0 Å². The molecule has 0 saturated carbocycles. The van der Waals surface area contributed by atoms with Gasteiger partial charge in [-0.15, -0.1) is 0 Å². The third-order valence-electron chi connectivity index (χ3n) is 6.46. The highest BCUT2D eigenvalue weighted by Gasteiger charge is 2.27. The van der Waals surface area contributed by atoms with Crippen LogP contribution >= 0.6 is 0 Å². The lowest BCUT2D eigenvalue weighted by atomic mass is 9.89. The van der Waals surface area contributed by atoms with Crippen LogP contribution in [0.3, 0.4) is 0 Å². The zero-order chi connectivity index (χ0) is 20.9. The van der Waals surface area contributed by atoms with Gasteiger partial charge in [-0.25, -0.2) is 0 Å². The van der Waals surface area contributed by atoms with Crippen molar-refractivity contribution < 1.29 is 9.59 Å². The first-order chi connectivity index (χ1) is 14.6. The van der Waals surface area contributed by atoms with E-state index in [9.17, 15) is 9.59 Å². The van der Waals surface area contributed by atoms with Crippen LogP contribution in [-0.4, -0.2) is 42.4 Å². The summed E-state index contributed by atoms with van der Waals surface area (Å²) in [5, 5.41) is 3.03. The number of benzene rings is 2. The molecule has 0 radical (unpaired) electrons. The van der Waals surface area contributed by atoms with E-state index < -0.39 is 0 Å². The summed E-state index contributed by atoms with van der Waals surface area (Å²) in [6, 6.07) is 18.1. The van der Waals surface area contributed by atoms with E-state index >= 15 is 0 Å². The number of rotatable bonds is 6. The Morgan fingerprint density at radius 2 is 1.73 bits per heavy atom. The number of amides is 2. The minimum absolute atomic E-state index is 0.0292. The topological polar surface area (TPSA) is 52.7 Å². The smallest absolute Gasteiger partial charge is 0.241 e. The van der Waals surface area contributed by atoms with Crippen molar-refractivity contribution in [2.75, 3.05) is 29.9 Å². The van der Waals surface area contributed by atoms with Gasteiger partial charge in [0.25, 0.3) is 0 Å². The van der Waals surface area contributed by atoms with Gasteiger partial charge in [-0.2, -0.15) is 0 Å². The maximum Gasteiger partial charge on any atom is 0.241 e. The quantitative estimate of drug-likeness (QED) is 0.787. The Morgan fingerprint density at radius 1 is 1.03 bits per heavy atom. The van der Waals surface area contributed by atoms with Crippen molar-refractivity contribution in [1.82, 2.24) is 4.90 Å². The first-order valence-electron chi connectivity index (χ1n) is 11.1. The second-order valence-corrected chi connectivity index (χ2v) is 8.53. The van der Waals surface area contributed by atoms with Crippen LogP contribution in [-0.2, 0) is 16.0 Å². The molecular formula is C25H31N3O2. The molecule has 2 amide bonds.